The fourth-order valence-electron chi connectivity index (χ4n) is 4.71. The average Bonchev–Trinajstić information content (AvgIpc) is 3.46. The Morgan fingerprint density at radius 3 is 2.26 bits per heavy atom. The number of anilines is 3. The summed E-state index contributed by atoms with van der Waals surface area (Å²) in [6, 6.07) is 21.2. The summed E-state index contributed by atoms with van der Waals surface area (Å²) in [6.45, 7) is 6.07. The molecule has 0 aliphatic heterocycles. The maximum atomic E-state index is 13.5. The van der Waals surface area contributed by atoms with Crippen molar-refractivity contribution in [2.75, 3.05) is 43.9 Å². The number of hydrogen-bond donors (Lipinski definition) is 3. The van der Waals surface area contributed by atoms with E-state index in [0.29, 0.717) is 46.0 Å². The second-order valence-corrected chi connectivity index (χ2v) is 11.3. The fourth-order valence-corrected chi connectivity index (χ4v) is 4.71. The van der Waals surface area contributed by atoms with Crippen LogP contribution in [0.4, 0.5) is 22.1 Å². The van der Waals surface area contributed by atoms with Crippen molar-refractivity contribution in [3.8, 4) is 28.7 Å². The van der Waals surface area contributed by atoms with Crippen molar-refractivity contribution < 1.29 is 28.5 Å². The van der Waals surface area contributed by atoms with Crippen LogP contribution in [0, 0.1) is 0 Å². The number of rotatable bonds is 10. The van der Waals surface area contributed by atoms with Gasteiger partial charge in [0.25, 0.3) is 5.91 Å². The van der Waals surface area contributed by atoms with E-state index in [1.54, 1.807) is 55.3 Å². The highest BCUT2D eigenvalue weighted by Crippen LogP contribution is 2.36. The van der Waals surface area contributed by atoms with E-state index < -0.39 is 6.03 Å². The van der Waals surface area contributed by atoms with Crippen molar-refractivity contribution in [3.63, 3.8) is 0 Å². The van der Waals surface area contributed by atoms with Crippen LogP contribution in [-0.2, 0) is 14.9 Å². The fraction of sp³-hybridized carbons (Fsp3) is 0.235. The third-order valence-corrected chi connectivity index (χ3v) is 6.97. The van der Waals surface area contributed by atoms with E-state index in [2.05, 4.69) is 41.7 Å². The molecule has 2 heterocycles. The highest BCUT2D eigenvalue weighted by atomic mass is 16.5. The molecule has 0 saturated heterocycles. The van der Waals surface area contributed by atoms with E-state index in [-0.39, 0.29) is 17.9 Å². The van der Waals surface area contributed by atoms with E-state index >= 15 is 0 Å². The van der Waals surface area contributed by atoms with Crippen LogP contribution in [0.15, 0.2) is 79.0 Å². The normalized spacial score (nSPS) is 11.2. The number of carbonyl (C=O) groups is 2. The molecule has 0 saturated carbocycles. The second-order valence-electron chi connectivity index (χ2n) is 11.3. The lowest BCUT2D eigenvalue weighted by atomic mass is 9.92. The zero-order valence-corrected chi connectivity index (χ0v) is 26.5. The van der Waals surface area contributed by atoms with Crippen LogP contribution in [0.5, 0.6) is 23.0 Å². The van der Waals surface area contributed by atoms with Gasteiger partial charge in [0.05, 0.1) is 31.3 Å². The van der Waals surface area contributed by atoms with Crippen molar-refractivity contribution in [1.29, 1.82) is 0 Å². The molecule has 0 aliphatic carbocycles. The summed E-state index contributed by atoms with van der Waals surface area (Å²) < 4.78 is 23.6. The van der Waals surface area contributed by atoms with Gasteiger partial charge in [-0.1, -0.05) is 45.0 Å². The van der Waals surface area contributed by atoms with Gasteiger partial charge in [0.15, 0.2) is 11.5 Å². The number of methoxy groups -OCH3 is 3. The third kappa shape index (κ3) is 7.19. The molecule has 3 amide bonds. The number of amides is 3. The van der Waals surface area contributed by atoms with Crippen LogP contribution in [0.3, 0.4) is 0 Å². The molecule has 0 fully saturated rings. The predicted molar refractivity (Wildman–Crippen MR) is 177 cm³/mol. The van der Waals surface area contributed by atoms with Gasteiger partial charge in [0, 0.05) is 47.7 Å². The molecule has 3 aromatic carbocycles. The summed E-state index contributed by atoms with van der Waals surface area (Å²) in [5.74, 6) is 2.64. The lowest BCUT2D eigenvalue weighted by Gasteiger charge is -2.15. The number of hydrogen-bond acceptors (Lipinski definition) is 8. The molecular formula is C34H36N6O6. The molecule has 5 aromatic rings. The summed E-state index contributed by atoms with van der Waals surface area (Å²) in [4.78, 5) is 29.5. The Balaban J connectivity index is 1.40. The van der Waals surface area contributed by atoms with Gasteiger partial charge < -0.3 is 29.6 Å². The van der Waals surface area contributed by atoms with Gasteiger partial charge in [0.1, 0.15) is 29.7 Å². The molecule has 12 heteroatoms. The standard InChI is InChI=1S/C34H36N6O6/c1-34(2,3)29-19-31(40(39-29)21-11-13-27(44-5)28(17-21)45-6)38-33(42)36-25-12-14-26(24-10-8-7-9-23(24)25)46-22-15-16-35-30(18-22)37-32(41)20-43-4/h7-19H,20H2,1-6H3,(H,35,37,41)(H2,36,38,42). The smallest absolute Gasteiger partial charge is 0.324 e. The zero-order chi connectivity index (χ0) is 32.8. The minimum Gasteiger partial charge on any atom is -0.493 e. The van der Waals surface area contributed by atoms with Gasteiger partial charge >= 0.3 is 6.03 Å². The highest BCUT2D eigenvalue weighted by Gasteiger charge is 2.22. The van der Waals surface area contributed by atoms with Gasteiger partial charge in [0.2, 0.25) is 0 Å². The van der Waals surface area contributed by atoms with Crippen LogP contribution >= 0.6 is 0 Å². The predicted octanol–water partition coefficient (Wildman–Crippen LogP) is 6.76. The lowest BCUT2D eigenvalue weighted by molar-refractivity contribution is -0.119. The van der Waals surface area contributed by atoms with E-state index in [9.17, 15) is 9.59 Å². The maximum absolute atomic E-state index is 13.5. The molecule has 0 bridgehead atoms. The van der Waals surface area contributed by atoms with Crippen molar-refractivity contribution in [2.45, 2.75) is 26.2 Å². The van der Waals surface area contributed by atoms with E-state index in [0.717, 1.165) is 16.5 Å². The number of nitrogens with one attached hydrogen (secondary N) is 3. The highest BCUT2D eigenvalue weighted by molar-refractivity contribution is 6.07. The van der Waals surface area contributed by atoms with Gasteiger partial charge in [-0.2, -0.15) is 5.10 Å². The first kappa shape index (κ1) is 31.8. The number of ether oxygens (including phenoxy) is 4. The number of pyridine rings is 1. The second kappa shape index (κ2) is 13.6. The summed E-state index contributed by atoms with van der Waals surface area (Å²) in [5.41, 5.74) is 1.79. The molecule has 0 unspecified atom stereocenters. The first-order valence-corrected chi connectivity index (χ1v) is 14.4. The Labute approximate surface area is 266 Å². The average molecular weight is 625 g/mol. The number of fused-ring (bicyclic) bond motifs is 1. The Morgan fingerprint density at radius 1 is 0.804 bits per heavy atom. The van der Waals surface area contributed by atoms with Crippen molar-refractivity contribution in [1.82, 2.24) is 14.8 Å². The van der Waals surface area contributed by atoms with Crippen molar-refractivity contribution >= 4 is 40.0 Å². The molecular weight excluding hydrogens is 588 g/mol. The number of benzene rings is 3. The minimum absolute atomic E-state index is 0.0875. The SMILES string of the molecule is COCC(=O)Nc1cc(Oc2ccc(NC(=O)Nc3cc(C(C)(C)C)nn3-c3ccc(OC)c(OC)c3)c3ccccc23)ccn1. The largest absolute Gasteiger partial charge is 0.493 e. The minimum atomic E-state index is -0.452. The third-order valence-electron chi connectivity index (χ3n) is 6.97. The molecule has 3 N–H and O–H groups in total. The molecule has 12 nitrogen and oxygen atoms in total. The van der Waals surface area contributed by atoms with Crippen LogP contribution in [-0.4, -0.2) is 54.6 Å². The van der Waals surface area contributed by atoms with E-state index in [1.165, 1.54) is 13.3 Å². The molecule has 2 aromatic heterocycles. The molecule has 0 radical (unpaired) electrons. The van der Waals surface area contributed by atoms with Crippen LogP contribution < -0.4 is 30.2 Å². The topological polar surface area (TPSA) is 138 Å². The quantitative estimate of drug-likeness (QED) is 0.155. The van der Waals surface area contributed by atoms with Crippen molar-refractivity contribution in [3.05, 3.63) is 84.7 Å². The monoisotopic (exact) mass is 624 g/mol. The first-order chi connectivity index (χ1) is 22.1. The van der Waals surface area contributed by atoms with Gasteiger partial charge in [-0.15, -0.1) is 0 Å². The molecule has 238 valence electrons. The Hall–Kier alpha value is -5.62. The van der Waals surface area contributed by atoms with Crippen LogP contribution in [0.1, 0.15) is 26.5 Å². The molecule has 0 aliphatic rings. The first-order valence-electron chi connectivity index (χ1n) is 14.4. The summed E-state index contributed by atoms with van der Waals surface area (Å²) >= 11 is 0. The molecule has 46 heavy (non-hydrogen) atoms. The summed E-state index contributed by atoms with van der Waals surface area (Å²) in [5, 5.41) is 14.9. The lowest BCUT2D eigenvalue weighted by Crippen LogP contribution is -2.21. The van der Waals surface area contributed by atoms with E-state index in [1.807, 2.05) is 36.4 Å². The Kier molecular flexibility index (Phi) is 9.38. The maximum Gasteiger partial charge on any atom is 0.324 e. The molecule has 0 atom stereocenters. The van der Waals surface area contributed by atoms with Crippen molar-refractivity contribution in [2.24, 2.45) is 0 Å². The number of aromatic nitrogens is 3. The van der Waals surface area contributed by atoms with E-state index in [4.69, 9.17) is 24.0 Å². The number of nitrogens with zero attached hydrogens (tertiary/aromatic N) is 3. The Morgan fingerprint density at radius 2 is 1.54 bits per heavy atom. The summed E-state index contributed by atoms with van der Waals surface area (Å²) in [6.07, 6.45) is 1.54. The van der Waals surface area contributed by atoms with Gasteiger partial charge in [-0.05, 0) is 30.3 Å². The zero-order valence-electron chi connectivity index (χ0n) is 26.5. The molecule has 0 spiro atoms. The molecule has 5 rings (SSSR count). The van der Waals surface area contributed by atoms with Crippen LogP contribution in [0.25, 0.3) is 16.5 Å². The van der Waals surface area contributed by atoms with Gasteiger partial charge in [-0.3, -0.25) is 10.1 Å². The Bertz CT molecular complexity index is 1880. The van der Waals surface area contributed by atoms with Gasteiger partial charge in [-0.25, -0.2) is 14.5 Å². The summed E-state index contributed by atoms with van der Waals surface area (Å²) in [7, 11) is 4.58. The number of urea groups is 1. The number of carbonyl (C=O) groups excluding carboxylic acids is 2. The van der Waals surface area contributed by atoms with Crippen LogP contribution in [0.2, 0.25) is 0 Å².